The summed E-state index contributed by atoms with van der Waals surface area (Å²) in [4.78, 5) is 12.5. The van der Waals surface area contributed by atoms with Gasteiger partial charge < -0.3 is 19.5 Å². The van der Waals surface area contributed by atoms with Crippen LogP contribution in [0.3, 0.4) is 0 Å². The average molecular weight is 369 g/mol. The number of amides is 1. The molecule has 0 bridgehead atoms. The molecule has 2 atom stereocenters. The number of nitrogens with one attached hydrogen (secondary N) is 1. The Hall–Kier alpha value is -2.53. The molecule has 0 radical (unpaired) electrons. The van der Waals surface area contributed by atoms with Crippen molar-refractivity contribution in [1.82, 2.24) is 0 Å². The van der Waals surface area contributed by atoms with E-state index in [0.29, 0.717) is 18.8 Å². The minimum absolute atomic E-state index is 0.160. The van der Waals surface area contributed by atoms with E-state index < -0.39 is 6.10 Å². The second kappa shape index (κ2) is 9.42. The first-order chi connectivity index (χ1) is 13.1. The van der Waals surface area contributed by atoms with Gasteiger partial charge in [0.1, 0.15) is 18.1 Å². The van der Waals surface area contributed by atoms with Gasteiger partial charge in [-0.2, -0.15) is 0 Å². The van der Waals surface area contributed by atoms with Crippen LogP contribution < -0.4 is 14.8 Å². The maximum absolute atomic E-state index is 12.5. The fourth-order valence-electron chi connectivity index (χ4n) is 3.00. The van der Waals surface area contributed by atoms with E-state index in [1.807, 2.05) is 62.4 Å². The quantitative estimate of drug-likeness (QED) is 0.752. The van der Waals surface area contributed by atoms with Crippen molar-refractivity contribution in [2.45, 2.75) is 45.3 Å². The number of rotatable bonds is 8. The van der Waals surface area contributed by atoms with Gasteiger partial charge in [-0.05, 0) is 68.1 Å². The molecule has 1 heterocycles. The summed E-state index contributed by atoms with van der Waals surface area (Å²) in [5, 5.41) is 2.91. The largest absolute Gasteiger partial charge is 0.491 e. The minimum Gasteiger partial charge on any atom is -0.491 e. The molecule has 144 valence electrons. The molecule has 5 heteroatoms. The van der Waals surface area contributed by atoms with Crippen molar-refractivity contribution < 1.29 is 19.0 Å². The molecule has 3 rings (SSSR count). The lowest BCUT2D eigenvalue weighted by atomic mass is 10.2. The summed E-state index contributed by atoms with van der Waals surface area (Å²) in [5.41, 5.74) is 1.82. The fourth-order valence-corrected chi connectivity index (χ4v) is 3.00. The minimum atomic E-state index is -0.540. The van der Waals surface area contributed by atoms with Crippen molar-refractivity contribution >= 4 is 11.6 Å². The van der Waals surface area contributed by atoms with Crippen molar-refractivity contribution in [3.63, 3.8) is 0 Å². The zero-order valence-corrected chi connectivity index (χ0v) is 15.9. The van der Waals surface area contributed by atoms with Gasteiger partial charge in [-0.1, -0.05) is 19.1 Å². The summed E-state index contributed by atoms with van der Waals surface area (Å²) in [6, 6.07) is 15.1. The first-order valence-corrected chi connectivity index (χ1v) is 9.52. The Morgan fingerprint density at radius 1 is 1.22 bits per heavy atom. The summed E-state index contributed by atoms with van der Waals surface area (Å²) in [5.74, 6) is 1.31. The first kappa shape index (κ1) is 19.2. The molecule has 0 spiro atoms. The van der Waals surface area contributed by atoms with Crippen molar-refractivity contribution in [3.8, 4) is 11.5 Å². The van der Waals surface area contributed by atoms with E-state index in [4.69, 9.17) is 14.2 Å². The van der Waals surface area contributed by atoms with Gasteiger partial charge in [-0.3, -0.25) is 4.79 Å². The molecule has 2 aromatic carbocycles. The molecule has 27 heavy (non-hydrogen) atoms. The second-order valence-electron chi connectivity index (χ2n) is 6.79. The zero-order chi connectivity index (χ0) is 19.1. The fraction of sp³-hybridized carbons (Fsp3) is 0.409. The van der Waals surface area contributed by atoms with Gasteiger partial charge in [0.05, 0.1) is 6.10 Å². The lowest BCUT2D eigenvalue weighted by molar-refractivity contribution is -0.122. The number of ether oxygens (including phenoxy) is 3. The SMILES string of the molecule is CCC(Oc1cccc(C)c1)C(=O)Nc1ccc(OCC2CCCO2)cc1. The second-order valence-corrected chi connectivity index (χ2v) is 6.79. The molecule has 1 N–H and O–H groups in total. The van der Waals surface area contributed by atoms with E-state index in [9.17, 15) is 4.79 Å². The van der Waals surface area contributed by atoms with Crippen LogP contribution in [0.15, 0.2) is 48.5 Å². The summed E-state index contributed by atoms with van der Waals surface area (Å²) in [6.07, 6.45) is 2.38. The third-order valence-corrected chi connectivity index (χ3v) is 4.51. The van der Waals surface area contributed by atoms with Crippen LogP contribution in [0.5, 0.6) is 11.5 Å². The summed E-state index contributed by atoms with van der Waals surface area (Å²) < 4.78 is 17.1. The van der Waals surface area contributed by atoms with Gasteiger partial charge in [-0.15, -0.1) is 0 Å². The van der Waals surface area contributed by atoms with E-state index in [1.165, 1.54) is 0 Å². The van der Waals surface area contributed by atoms with Crippen molar-refractivity contribution in [1.29, 1.82) is 0 Å². The summed E-state index contributed by atoms with van der Waals surface area (Å²) in [7, 11) is 0. The van der Waals surface area contributed by atoms with Crippen LogP contribution in [0.1, 0.15) is 31.7 Å². The van der Waals surface area contributed by atoms with E-state index >= 15 is 0 Å². The van der Waals surface area contributed by atoms with Gasteiger partial charge in [0, 0.05) is 12.3 Å². The van der Waals surface area contributed by atoms with Gasteiger partial charge in [0.25, 0.3) is 5.91 Å². The molecule has 5 nitrogen and oxygen atoms in total. The average Bonchev–Trinajstić information content (AvgIpc) is 3.19. The highest BCUT2D eigenvalue weighted by atomic mass is 16.5. The number of benzene rings is 2. The third kappa shape index (κ3) is 5.73. The normalized spacial score (nSPS) is 17.3. The Bertz CT molecular complexity index is 738. The standard InChI is InChI=1S/C22H27NO4/c1-3-21(27-19-7-4-6-16(2)14-19)22(24)23-17-9-11-18(12-10-17)26-15-20-8-5-13-25-20/h4,6-7,9-12,14,20-21H,3,5,8,13,15H2,1-2H3,(H,23,24). The number of carbonyl (C=O) groups excluding carboxylic acids is 1. The maximum atomic E-state index is 12.5. The van der Waals surface area contributed by atoms with Crippen molar-refractivity contribution in [3.05, 3.63) is 54.1 Å². The predicted octanol–water partition coefficient (Wildman–Crippen LogP) is 4.35. The molecule has 0 aromatic heterocycles. The number of aryl methyl sites for hydroxylation is 1. The highest BCUT2D eigenvalue weighted by Crippen LogP contribution is 2.20. The van der Waals surface area contributed by atoms with E-state index in [-0.39, 0.29) is 12.0 Å². The van der Waals surface area contributed by atoms with Gasteiger partial charge in [0.15, 0.2) is 6.10 Å². The van der Waals surface area contributed by atoms with Gasteiger partial charge in [-0.25, -0.2) is 0 Å². The highest BCUT2D eigenvalue weighted by Gasteiger charge is 2.19. The first-order valence-electron chi connectivity index (χ1n) is 9.52. The summed E-state index contributed by atoms with van der Waals surface area (Å²) in [6.45, 7) is 5.31. The topological polar surface area (TPSA) is 56.8 Å². The predicted molar refractivity (Wildman–Crippen MR) is 105 cm³/mol. The maximum Gasteiger partial charge on any atom is 0.265 e. The number of carbonyl (C=O) groups is 1. The molecule has 0 saturated carbocycles. The van der Waals surface area contributed by atoms with Crippen LogP contribution in [-0.4, -0.2) is 31.3 Å². The smallest absolute Gasteiger partial charge is 0.265 e. The number of anilines is 1. The molecular weight excluding hydrogens is 342 g/mol. The Morgan fingerprint density at radius 2 is 2.04 bits per heavy atom. The highest BCUT2D eigenvalue weighted by molar-refractivity contribution is 5.94. The lowest BCUT2D eigenvalue weighted by Gasteiger charge is -2.18. The zero-order valence-electron chi connectivity index (χ0n) is 15.9. The van der Waals surface area contributed by atoms with E-state index in [0.717, 1.165) is 36.4 Å². The molecule has 0 aliphatic carbocycles. The molecular formula is C22H27NO4. The van der Waals surface area contributed by atoms with Crippen LogP contribution in [0.25, 0.3) is 0 Å². The van der Waals surface area contributed by atoms with E-state index in [1.54, 1.807) is 0 Å². The Balaban J connectivity index is 1.52. The molecule has 1 fully saturated rings. The van der Waals surface area contributed by atoms with Gasteiger partial charge >= 0.3 is 0 Å². The van der Waals surface area contributed by atoms with E-state index in [2.05, 4.69) is 5.32 Å². The van der Waals surface area contributed by atoms with Crippen LogP contribution in [0, 0.1) is 6.92 Å². The Kier molecular flexibility index (Phi) is 6.71. The molecule has 1 amide bonds. The Labute approximate surface area is 160 Å². The number of hydrogen-bond donors (Lipinski definition) is 1. The molecule has 1 aliphatic rings. The molecule has 1 aliphatic heterocycles. The molecule has 2 unspecified atom stereocenters. The summed E-state index contributed by atoms with van der Waals surface area (Å²) >= 11 is 0. The lowest BCUT2D eigenvalue weighted by Crippen LogP contribution is -2.32. The number of hydrogen-bond acceptors (Lipinski definition) is 4. The van der Waals surface area contributed by atoms with Crippen molar-refractivity contribution in [2.24, 2.45) is 0 Å². The van der Waals surface area contributed by atoms with Gasteiger partial charge in [0.2, 0.25) is 0 Å². The third-order valence-electron chi connectivity index (χ3n) is 4.51. The van der Waals surface area contributed by atoms with Crippen LogP contribution in [0.2, 0.25) is 0 Å². The molecule has 2 aromatic rings. The van der Waals surface area contributed by atoms with Crippen molar-refractivity contribution in [2.75, 3.05) is 18.5 Å². The van der Waals surface area contributed by atoms with Crippen LogP contribution >= 0.6 is 0 Å². The molecule has 1 saturated heterocycles. The van der Waals surface area contributed by atoms with Crippen LogP contribution in [0.4, 0.5) is 5.69 Å². The Morgan fingerprint density at radius 3 is 2.70 bits per heavy atom. The monoisotopic (exact) mass is 369 g/mol. The van der Waals surface area contributed by atoms with Crippen LogP contribution in [-0.2, 0) is 9.53 Å².